The molecule has 11 heavy (non-hydrogen) atoms. The van der Waals surface area contributed by atoms with Crippen molar-refractivity contribution in [1.82, 2.24) is 9.97 Å². The van der Waals surface area contributed by atoms with Crippen LogP contribution < -0.4 is 0 Å². The average molecular weight is 280 g/mol. The summed E-state index contributed by atoms with van der Waals surface area (Å²) < 4.78 is 0. The second-order valence-corrected chi connectivity index (χ2v) is 4.09. The van der Waals surface area contributed by atoms with Gasteiger partial charge in [-0.15, -0.1) is 0 Å². The molecule has 0 radical (unpaired) electrons. The Labute approximate surface area is 82.7 Å². The van der Waals surface area contributed by atoms with Gasteiger partial charge in [-0.1, -0.05) is 31.9 Å². The summed E-state index contributed by atoms with van der Waals surface area (Å²) in [7, 11) is 0. The first-order valence-electron chi connectivity index (χ1n) is 3.28. The van der Waals surface area contributed by atoms with Crippen LogP contribution in [0.15, 0.2) is 18.6 Å². The summed E-state index contributed by atoms with van der Waals surface area (Å²) in [6.45, 7) is 0. The fourth-order valence-electron chi connectivity index (χ4n) is 0.717. The fourth-order valence-corrected chi connectivity index (χ4v) is 1.28. The molecular formula is C7H8Br2N2. The summed E-state index contributed by atoms with van der Waals surface area (Å²) in [6.07, 6.45) is 6.10. The Morgan fingerprint density at radius 3 is 2.82 bits per heavy atom. The van der Waals surface area contributed by atoms with E-state index < -0.39 is 0 Å². The van der Waals surface area contributed by atoms with E-state index in [9.17, 15) is 0 Å². The van der Waals surface area contributed by atoms with Gasteiger partial charge in [0.15, 0.2) is 0 Å². The number of hydrogen-bond donors (Lipinski definition) is 0. The van der Waals surface area contributed by atoms with Crippen LogP contribution in [0.5, 0.6) is 0 Å². The third-order valence-corrected chi connectivity index (χ3v) is 3.51. The van der Waals surface area contributed by atoms with Gasteiger partial charge in [-0.25, -0.2) is 0 Å². The molecule has 0 amide bonds. The highest BCUT2D eigenvalue weighted by Gasteiger charge is 2.03. The van der Waals surface area contributed by atoms with E-state index >= 15 is 0 Å². The molecule has 0 saturated carbocycles. The van der Waals surface area contributed by atoms with Gasteiger partial charge in [0.2, 0.25) is 0 Å². The van der Waals surface area contributed by atoms with Gasteiger partial charge in [-0.05, 0) is 0 Å². The van der Waals surface area contributed by atoms with Crippen LogP contribution >= 0.6 is 31.9 Å². The largest absolute Gasteiger partial charge is 0.261 e. The van der Waals surface area contributed by atoms with E-state index in [0.717, 1.165) is 17.4 Å². The Balaban J connectivity index is 2.51. The van der Waals surface area contributed by atoms with Crippen molar-refractivity contribution >= 4 is 31.9 Å². The average Bonchev–Trinajstić information content (AvgIpc) is 2.06. The molecule has 0 bridgehead atoms. The molecule has 0 aliphatic rings. The zero-order valence-electron chi connectivity index (χ0n) is 5.87. The van der Waals surface area contributed by atoms with Crippen molar-refractivity contribution in [1.29, 1.82) is 0 Å². The fraction of sp³-hybridized carbons (Fsp3) is 0.429. The lowest BCUT2D eigenvalue weighted by molar-refractivity contribution is 0.910. The first-order chi connectivity index (χ1) is 5.33. The molecule has 0 N–H and O–H groups in total. The van der Waals surface area contributed by atoms with Crippen molar-refractivity contribution in [3.63, 3.8) is 0 Å². The summed E-state index contributed by atoms with van der Waals surface area (Å²) in [5.41, 5.74) is 1.02. The van der Waals surface area contributed by atoms with E-state index in [0.29, 0.717) is 4.83 Å². The van der Waals surface area contributed by atoms with Crippen molar-refractivity contribution in [2.45, 2.75) is 11.2 Å². The number of alkyl halides is 2. The van der Waals surface area contributed by atoms with Gasteiger partial charge in [0.25, 0.3) is 0 Å². The van der Waals surface area contributed by atoms with Gasteiger partial charge in [0, 0.05) is 35.2 Å². The van der Waals surface area contributed by atoms with E-state index in [4.69, 9.17) is 0 Å². The Morgan fingerprint density at radius 1 is 1.45 bits per heavy atom. The monoisotopic (exact) mass is 278 g/mol. The molecular weight excluding hydrogens is 272 g/mol. The van der Waals surface area contributed by atoms with Crippen LogP contribution in [0.25, 0.3) is 0 Å². The molecule has 0 aliphatic carbocycles. The Hall–Kier alpha value is 0.0400. The lowest BCUT2D eigenvalue weighted by Gasteiger charge is -2.02. The van der Waals surface area contributed by atoms with Gasteiger partial charge < -0.3 is 0 Å². The van der Waals surface area contributed by atoms with Crippen molar-refractivity contribution < 1.29 is 0 Å². The smallest absolute Gasteiger partial charge is 0.0598 e. The summed E-state index contributed by atoms with van der Waals surface area (Å²) in [6, 6.07) is 0. The molecule has 1 rings (SSSR count). The predicted octanol–water partition coefficient (Wildman–Crippen LogP) is 2.18. The standard InChI is InChI=1S/C7H8Br2N2/c8-4-6(9)3-7-5-10-1-2-11-7/h1-2,5-6H,3-4H2. The van der Waals surface area contributed by atoms with E-state index in [1.54, 1.807) is 18.6 Å². The molecule has 0 fully saturated rings. The molecule has 0 spiro atoms. The zero-order chi connectivity index (χ0) is 8.10. The highest BCUT2D eigenvalue weighted by molar-refractivity contribution is 9.12. The quantitative estimate of drug-likeness (QED) is 0.793. The summed E-state index contributed by atoms with van der Waals surface area (Å²) in [5, 5.41) is 0.934. The van der Waals surface area contributed by atoms with Crippen LogP contribution in [-0.2, 0) is 6.42 Å². The maximum atomic E-state index is 4.15. The first-order valence-corrected chi connectivity index (χ1v) is 5.31. The first kappa shape index (κ1) is 9.13. The second kappa shape index (κ2) is 4.83. The Kier molecular flexibility index (Phi) is 4.01. The van der Waals surface area contributed by atoms with Crippen LogP contribution in [-0.4, -0.2) is 20.1 Å². The van der Waals surface area contributed by atoms with Crippen LogP contribution in [0.1, 0.15) is 5.69 Å². The molecule has 1 atom stereocenters. The van der Waals surface area contributed by atoms with E-state index in [-0.39, 0.29) is 0 Å². The van der Waals surface area contributed by atoms with Gasteiger partial charge in [0.1, 0.15) is 0 Å². The minimum absolute atomic E-state index is 0.444. The molecule has 2 nitrogen and oxygen atoms in total. The van der Waals surface area contributed by atoms with Crippen molar-refractivity contribution in [3.8, 4) is 0 Å². The van der Waals surface area contributed by atoms with E-state index in [1.165, 1.54) is 0 Å². The van der Waals surface area contributed by atoms with Crippen molar-refractivity contribution in [3.05, 3.63) is 24.3 Å². The minimum Gasteiger partial charge on any atom is -0.261 e. The van der Waals surface area contributed by atoms with Crippen molar-refractivity contribution in [2.75, 3.05) is 5.33 Å². The molecule has 1 aromatic heterocycles. The van der Waals surface area contributed by atoms with E-state index in [2.05, 4.69) is 41.8 Å². The third-order valence-electron chi connectivity index (χ3n) is 1.21. The summed E-state index contributed by atoms with van der Waals surface area (Å²) in [4.78, 5) is 8.57. The minimum atomic E-state index is 0.444. The number of hydrogen-bond acceptors (Lipinski definition) is 2. The molecule has 0 saturated heterocycles. The molecule has 0 aliphatic heterocycles. The Bertz CT molecular complexity index is 203. The van der Waals surface area contributed by atoms with Gasteiger partial charge in [-0.3, -0.25) is 9.97 Å². The highest BCUT2D eigenvalue weighted by atomic mass is 79.9. The second-order valence-electron chi connectivity index (χ2n) is 2.15. The maximum Gasteiger partial charge on any atom is 0.0598 e. The normalized spacial score (nSPS) is 12.9. The highest BCUT2D eigenvalue weighted by Crippen LogP contribution is 2.08. The molecule has 1 heterocycles. The van der Waals surface area contributed by atoms with Crippen molar-refractivity contribution in [2.24, 2.45) is 0 Å². The third kappa shape index (κ3) is 3.29. The lowest BCUT2D eigenvalue weighted by Crippen LogP contribution is -2.05. The number of nitrogens with zero attached hydrogens (tertiary/aromatic N) is 2. The van der Waals surface area contributed by atoms with Crippen LogP contribution in [0.2, 0.25) is 0 Å². The lowest BCUT2D eigenvalue weighted by atomic mass is 10.3. The zero-order valence-corrected chi connectivity index (χ0v) is 9.05. The Morgan fingerprint density at radius 2 is 2.27 bits per heavy atom. The predicted molar refractivity (Wildman–Crippen MR) is 52.2 cm³/mol. The van der Waals surface area contributed by atoms with Gasteiger partial charge >= 0.3 is 0 Å². The maximum absolute atomic E-state index is 4.15. The molecule has 0 aromatic carbocycles. The molecule has 60 valence electrons. The van der Waals surface area contributed by atoms with Gasteiger partial charge in [0.05, 0.1) is 5.69 Å². The van der Waals surface area contributed by atoms with Crippen LogP contribution in [0.4, 0.5) is 0 Å². The molecule has 4 heteroatoms. The topological polar surface area (TPSA) is 25.8 Å². The SMILES string of the molecule is BrCC(Br)Cc1cnccn1. The number of aromatic nitrogens is 2. The molecule has 1 aromatic rings. The summed E-state index contributed by atoms with van der Waals surface area (Å²) in [5.74, 6) is 0. The number of halogens is 2. The van der Waals surface area contributed by atoms with Crippen LogP contribution in [0.3, 0.4) is 0 Å². The van der Waals surface area contributed by atoms with Crippen LogP contribution in [0, 0.1) is 0 Å². The van der Waals surface area contributed by atoms with Gasteiger partial charge in [-0.2, -0.15) is 0 Å². The van der Waals surface area contributed by atoms with E-state index in [1.807, 2.05) is 0 Å². The summed E-state index contributed by atoms with van der Waals surface area (Å²) >= 11 is 6.88. The molecule has 1 unspecified atom stereocenters. The number of rotatable bonds is 3.